The fourth-order valence-electron chi connectivity index (χ4n) is 1.09. The van der Waals surface area contributed by atoms with Gasteiger partial charge in [-0.3, -0.25) is 0 Å². The largest absolute Gasteiger partial charge is 1.00 e. The summed E-state index contributed by atoms with van der Waals surface area (Å²) in [7, 11) is 2.09. The van der Waals surface area contributed by atoms with Crippen molar-refractivity contribution < 1.29 is 21.5 Å². The number of nitrogens with zero attached hydrogens (tertiary/aromatic N) is 1. The van der Waals surface area contributed by atoms with E-state index in [1.54, 1.807) is 0 Å². The van der Waals surface area contributed by atoms with Crippen LogP contribution in [0.3, 0.4) is 0 Å². The van der Waals surface area contributed by atoms with Crippen LogP contribution in [0.5, 0.6) is 0 Å². The van der Waals surface area contributed by atoms with Crippen molar-refractivity contribution in [3.63, 3.8) is 0 Å². The second kappa shape index (κ2) is 4.54. The van der Waals surface area contributed by atoms with Crippen molar-refractivity contribution in [2.75, 3.05) is 0 Å². The lowest BCUT2D eigenvalue weighted by Gasteiger charge is -1.91. The predicted molar refractivity (Wildman–Crippen MR) is 40.7 cm³/mol. The van der Waals surface area contributed by atoms with Gasteiger partial charge in [0, 0.05) is 13.3 Å². The summed E-state index contributed by atoms with van der Waals surface area (Å²) in [4.78, 5) is 3.18. The van der Waals surface area contributed by atoms with Crippen LogP contribution in [0.4, 0.5) is 0 Å². The van der Waals surface area contributed by atoms with Gasteiger partial charge >= 0.3 is 0 Å². The van der Waals surface area contributed by atoms with E-state index in [9.17, 15) is 0 Å². The average molecular weight is 219 g/mol. The van der Waals surface area contributed by atoms with E-state index in [0.717, 1.165) is 0 Å². The molecule has 1 aromatic heterocycles. The van der Waals surface area contributed by atoms with Gasteiger partial charge in [0.1, 0.15) is 11.9 Å². The third kappa shape index (κ3) is 2.33. The number of rotatable bonds is 2. The molecule has 0 aliphatic rings. The molecule has 0 aromatic carbocycles. The first-order valence-corrected chi connectivity index (χ1v) is 3.78. The van der Waals surface area contributed by atoms with Gasteiger partial charge in [-0.2, -0.15) is 0 Å². The molecule has 0 aliphatic heterocycles. The molecule has 1 rings (SSSR count). The summed E-state index contributed by atoms with van der Waals surface area (Å²) in [6.07, 6.45) is 4.46. The summed E-state index contributed by atoms with van der Waals surface area (Å²) in [6, 6.07) is 0. The van der Waals surface area contributed by atoms with Crippen LogP contribution in [0.2, 0.25) is 0 Å². The summed E-state index contributed by atoms with van der Waals surface area (Å²) in [5.74, 6) is 1.23. The molecule has 0 saturated carbocycles. The van der Waals surface area contributed by atoms with Crippen molar-refractivity contribution in [2.45, 2.75) is 26.7 Å². The Kier molecular flexibility index (Phi) is 4.42. The Morgan fingerprint density at radius 1 is 1.55 bits per heavy atom. The summed E-state index contributed by atoms with van der Waals surface area (Å²) in [6.45, 7) is 4.28. The molecular weight excluding hydrogens is 204 g/mol. The van der Waals surface area contributed by atoms with Gasteiger partial charge < -0.3 is 17.0 Å². The van der Waals surface area contributed by atoms with Crippen LogP contribution in [-0.4, -0.2) is 4.98 Å². The molecule has 0 fully saturated rings. The van der Waals surface area contributed by atoms with E-state index in [0.29, 0.717) is 0 Å². The maximum Gasteiger partial charge on any atom is 0.251 e. The Hall–Kier alpha value is -0.310. The second-order valence-corrected chi connectivity index (χ2v) is 2.67. The number of hydrogen-bond donors (Lipinski definition) is 1. The van der Waals surface area contributed by atoms with Crippen molar-refractivity contribution in [3.8, 4) is 0 Å². The first-order valence-electron chi connectivity index (χ1n) is 3.78. The number of aromatic nitrogens is 2. The highest BCUT2D eigenvalue weighted by Gasteiger charge is 2.07. The van der Waals surface area contributed by atoms with Gasteiger partial charge in [0.15, 0.2) is 0 Å². The van der Waals surface area contributed by atoms with Crippen LogP contribution >= 0.6 is 0 Å². The molecule has 2 nitrogen and oxygen atoms in total. The molecule has 11 heavy (non-hydrogen) atoms. The van der Waals surface area contributed by atoms with Gasteiger partial charge in [-0.05, 0) is 6.42 Å². The molecule has 0 aliphatic carbocycles. The van der Waals surface area contributed by atoms with E-state index < -0.39 is 0 Å². The van der Waals surface area contributed by atoms with E-state index in [4.69, 9.17) is 0 Å². The fourth-order valence-corrected chi connectivity index (χ4v) is 1.09. The first kappa shape index (κ1) is 10.7. The van der Waals surface area contributed by atoms with E-state index in [1.165, 1.54) is 24.4 Å². The van der Waals surface area contributed by atoms with Gasteiger partial charge in [-0.15, -0.1) is 0 Å². The van der Waals surface area contributed by atoms with Crippen molar-refractivity contribution in [1.29, 1.82) is 0 Å². The van der Waals surface area contributed by atoms with E-state index >= 15 is 0 Å². The maximum absolute atomic E-state index is 3.18. The Morgan fingerprint density at radius 2 is 2.18 bits per heavy atom. The highest BCUT2D eigenvalue weighted by molar-refractivity contribution is 4.89. The minimum atomic E-state index is 0. The smallest absolute Gasteiger partial charge is 0.251 e. The summed E-state index contributed by atoms with van der Waals surface area (Å²) in [5, 5.41) is 0. The fraction of sp³-hybridized carbons (Fsp3) is 0.625. The molecule has 0 amide bonds. The zero-order valence-corrected chi connectivity index (χ0v) is 8.90. The number of aromatic amines is 1. The highest BCUT2D eigenvalue weighted by atomic mass is 79.9. The van der Waals surface area contributed by atoms with Crippen LogP contribution in [0.25, 0.3) is 0 Å². The van der Waals surface area contributed by atoms with Crippen molar-refractivity contribution in [1.82, 2.24) is 4.98 Å². The molecule has 0 unspecified atom stereocenters. The summed E-state index contributed by atoms with van der Waals surface area (Å²) in [5.41, 5.74) is 1.39. The minimum Gasteiger partial charge on any atom is -1.00 e. The SMILES string of the molecule is CCCc1c[nH]c(C)[n+]1C.[Br-]. The number of imidazole rings is 1. The van der Waals surface area contributed by atoms with Crippen LogP contribution in [0.1, 0.15) is 24.9 Å². The molecule has 1 heterocycles. The molecule has 0 radical (unpaired) electrons. The van der Waals surface area contributed by atoms with Gasteiger partial charge in [0.05, 0.1) is 7.05 Å². The van der Waals surface area contributed by atoms with Crippen LogP contribution in [-0.2, 0) is 13.5 Å². The van der Waals surface area contributed by atoms with Gasteiger partial charge in [0.25, 0.3) is 5.82 Å². The molecule has 3 heteroatoms. The molecule has 1 N–H and O–H groups in total. The van der Waals surface area contributed by atoms with Crippen LogP contribution in [0, 0.1) is 6.92 Å². The molecular formula is C8H15BrN2. The lowest BCUT2D eigenvalue weighted by atomic mass is 10.3. The number of nitrogens with one attached hydrogen (secondary N) is 1. The van der Waals surface area contributed by atoms with E-state index in [2.05, 4.69) is 36.6 Å². The average Bonchev–Trinajstić information content (AvgIpc) is 2.20. The highest BCUT2D eigenvalue weighted by Crippen LogP contribution is 1.95. The van der Waals surface area contributed by atoms with E-state index in [1.807, 2.05) is 0 Å². The quantitative estimate of drug-likeness (QED) is 0.561. The molecule has 1 aromatic rings. The minimum absolute atomic E-state index is 0. The third-order valence-electron chi connectivity index (χ3n) is 1.89. The molecule has 0 saturated heterocycles. The van der Waals surface area contributed by atoms with E-state index in [-0.39, 0.29) is 17.0 Å². The van der Waals surface area contributed by atoms with Gasteiger partial charge in [-0.25, -0.2) is 9.55 Å². The normalized spacial score (nSPS) is 9.36. The number of hydrogen-bond acceptors (Lipinski definition) is 0. The number of aryl methyl sites for hydroxylation is 2. The molecule has 0 bridgehead atoms. The Balaban J connectivity index is 0.000001000. The maximum atomic E-state index is 3.18. The standard InChI is InChI=1S/C8H14N2.BrH/c1-4-5-8-6-9-7(2)10(8)3;/h6H,4-5H2,1-3H3;1H. The number of H-pyrrole nitrogens is 1. The molecule has 0 spiro atoms. The monoisotopic (exact) mass is 218 g/mol. The Morgan fingerprint density at radius 3 is 2.55 bits per heavy atom. The summed E-state index contributed by atoms with van der Waals surface area (Å²) < 4.78 is 2.20. The lowest BCUT2D eigenvalue weighted by molar-refractivity contribution is -0.683. The van der Waals surface area contributed by atoms with Crippen LogP contribution < -0.4 is 21.5 Å². The predicted octanol–water partition coefficient (Wildman–Crippen LogP) is -1.90. The zero-order chi connectivity index (χ0) is 7.56. The Labute approximate surface area is 78.4 Å². The lowest BCUT2D eigenvalue weighted by Crippen LogP contribution is -3.00. The first-order chi connectivity index (χ1) is 4.75. The summed E-state index contributed by atoms with van der Waals surface area (Å²) >= 11 is 0. The molecule has 64 valence electrons. The zero-order valence-electron chi connectivity index (χ0n) is 7.32. The second-order valence-electron chi connectivity index (χ2n) is 2.67. The number of halogens is 1. The Bertz CT molecular complexity index is 218. The van der Waals surface area contributed by atoms with Crippen molar-refractivity contribution in [2.24, 2.45) is 7.05 Å². The van der Waals surface area contributed by atoms with Gasteiger partial charge in [-0.1, -0.05) is 6.92 Å². The third-order valence-corrected chi connectivity index (χ3v) is 1.89. The van der Waals surface area contributed by atoms with Crippen molar-refractivity contribution in [3.05, 3.63) is 17.7 Å². The molecule has 0 atom stereocenters. The van der Waals surface area contributed by atoms with Gasteiger partial charge in [0.2, 0.25) is 0 Å². The van der Waals surface area contributed by atoms with Crippen LogP contribution in [0.15, 0.2) is 6.20 Å². The topological polar surface area (TPSA) is 19.7 Å². The van der Waals surface area contributed by atoms with Crippen molar-refractivity contribution >= 4 is 0 Å².